The van der Waals surface area contributed by atoms with Crippen LogP contribution in [0.4, 0.5) is 0 Å². The van der Waals surface area contributed by atoms with Crippen molar-refractivity contribution in [3.8, 4) is 0 Å². The lowest BCUT2D eigenvalue weighted by molar-refractivity contribution is 0.586. The van der Waals surface area contributed by atoms with E-state index in [9.17, 15) is 16.8 Å². The van der Waals surface area contributed by atoms with Crippen molar-refractivity contribution in [3.63, 3.8) is 0 Å². The average molecular weight is 315 g/mol. The van der Waals surface area contributed by atoms with Crippen molar-refractivity contribution < 1.29 is 16.8 Å². The number of benzene rings is 1. The summed E-state index contributed by atoms with van der Waals surface area (Å²) in [5.74, 6) is -0.467. The number of sulfone groups is 2. The van der Waals surface area contributed by atoms with Gasteiger partial charge in [-0.15, -0.1) is 0 Å². The molecule has 0 amide bonds. The highest BCUT2D eigenvalue weighted by Gasteiger charge is 2.34. The third-order valence-corrected chi connectivity index (χ3v) is 7.66. The van der Waals surface area contributed by atoms with Gasteiger partial charge in [0, 0.05) is 6.54 Å². The molecule has 20 heavy (non-hydrogen) atoms. The summed E-state index contributed by atoms with van der Waals surface area (Å²) in [6.07, 6.45) is 1.43. The summed E-state index contributed by atoms with van der Waals surface area (Å²) in [6, 6.07) is 5.01. The molecule has 1 heterocycles. The molecule has 0 fully saturated rings. The Morgan fingerprint density at radius 3 is 2.45 bits per heavy atom. The average Bonchev–Trinajstić information content (AvgIpc) is 2.60. The molecule has 0 unspecified atom stereocenters. The van der Waals surface area contributed by atoms with Gasteiger partial charge in [0.2, 0.25) is 9.84 Å². The Morgan fingerprint density at radius 2 is 1.90 bits per heavy atom. The van der Waals surface area contributed by atoms with E-state index in [1.165, 1.54) is 19.9 Å². The molecule has 110 valence electrons. The molecule has 0 saturated heterocycles. The van der Waals surface area contributed by atoms with Crippen molar-refractivity contribution >= 4 is 25.8 Å². The van der Waals surface area contributed by atoms with Crippen molar-refractivity contribution in [2.75, 3.05) is 5.75 Å². The number of hydrogen-bond acceptors (Lipinski definition) is 5. The lowest BCUT2D eigenvalue weighted by Crippen LogP contribution is -2.21. The standard InChI is InChI=1S/C13H17NO4S2/c1-9(2)19(15,16)8-12-6-10-4-3-5-11(7-14)13(10)20(12,17)18/h3-6,9H,7-8,14H2,1-2H3. The highest BCUT2D eigenvalue weighted by Crippen LogP contribution is 2.36. The van der Waals surface area contributed by atoms with Crippen LogP contribution in [0.1, 0.15) is 25.0 Å². The molecule has 2 N–H and O–H groups in total. The maximum atomic E-state index is 12.5. The summed E-state index contributed by atoms with van der Waals surface area (Å²) < 4.78 is 48.9. The smallest absolute Gasteiger partial charge is 0.204 e. The minimum atomic E-state index is -3.75. The Kier molecular flexibility index (Phi) is 3.79. The van der Waals surface area contributed by atoms with Gasteiger partial charge in [0.25, 0.3) is 0 Å². The first-order valence-corrected chi connectivity index (χ1v) is 9.39. The van der Waals surface area contributed by atoms with E-state index in [1.807, 2.05) is 0 Å². The molecule has 1 aromatic rings. The van der Waals surface area contributed by atoms with Gasteiger partial charge in [0.15, 0.2) is 9.84 Å². The van der Waals surface area contributed by atoms with Crippen LogP contribution in [0.5, 0.6) is 0 Å². The summed E-state index contributed by atoms with van der Waals surface area (Å²) in [4.78, 5) is 0.0820. The molecule has 0 radical (unpaired) electrons. The van der Waals surface area contributed by atoms with Crippen LogP contribution in [-0.4, -0.2) is 27.8 Å². The van der Waals surface area contributed by atoms with Crippen LogP contribution in [0.2, 0.25) is 0 Å². The van der Waals surface area contributed by atoms with Gasteiger partial charge in [0.05, 0.1) is 20.8 Å². The van der Waals surface area contributed by atoms with Crippen molar-refractivity contribution in [1.82, 2.24) is 0 Å². The van der Waals surface area contributed by atoms with E-state index in [0.29, 0.717) is 11.1 Å². The Balaban J connectivity index is 2.53. The molecule has 0 bridgehead atoms. The Hall–Kier alpha value is -1.18. The van der Waals surface area contributed by atoms with Crippen LogP contribution in [0, 0.1) is 0 Å². The first-order valence-electron chi connectivity index (χ1n) is 6.19. The fourth-order valence-electron chi connectivity index (χ4n) is 2.07. The molecule has 0 atom stereocenters. The fraction of sp³-hybridized carbons (Fsp3) is 0.385. The summed E-state index contributed by atoms with van der Waals surface area (Å²) in [5, 5.41) is -0.615. The molecule has 1 aliphatic heterocycles. The number of rotatable bonds is 4. The zero-order valence-electron chi connectivity index (χ0n) is 11.3. The number of nitrogens with two attached hydrogens (primary N) is 1. The maximum absolute atomic E-state index is 12.5. The monoisotopic (exact) mass is 315 g/mol. The summed E-state index contributed by atoms with van der Waals surface area (Å²) >= 11 is 0. The van der Waals surface area contributed by atoms with Crippen LogP contribution in [-0.2, 0) is 26.2 Å². The lowest BCUT2D eigenvalue weighted by Gasteiger charge is -2.10. The van der Waals surface area contributed by atoms with Crippen LogP contribution >= 0.6 is 0 Å². The van der Waals surface area contributed by atoms with E-state index < -0.39 is 30.7 Å². The second kappa shape index (κ2) is 4.98. The van der Waals surface area contributed by atoms with E-state index in [4.69, 9.17) is 5.73 Å². The molecule has 1 aliphatic rings. The summed E-state index contributed by atoms with van der Waals surface area (Å²) in [5.41, 5.74) is 6.58. The minimum absolute atomic E-state index is 0.0675. The van der Waals surface area contributed by atoms with Gasteiger partial charge in [-0.2, -0.15) is 0 Å². The summed E-state index contributed by atoms with van der Waals surface area (Å²) in [7, 11) is -7.22. The van der Waals surface area contributed by atoms with E-state index in [1.54, 1.807) is 18.2 Å². The Bertz CT molecular complexity index is 775. The van der Waals surface area contributed by atoms with E-state index in [-0.39, 0.29) is 16.3 Å². The zero-order chi connectivity index (χ0) is 15.1. The van der Waals surface area contributed by atoms with Gasteiger partial charge < -0.3 is 5.73 Å². The third kappa shape index (κ3) is 2.41. The highest BCUT2D eigenvalue weighted by atomic mass is 32.2. The Labute approximate surface area is 119 Å². The molecule has 2 rings (SSSR count). The molecule has 1 aromatic carbocycles. The van der Waals surface area contributed by atoms with Gasteiger partial charge in [-0.25, -0.2) is 16.8 Å². The van der Waals surface area contributed by atoms with Gasteiger partial charge in [-0.05, 0) is 31.1 Å². The molecular weight excluding hydrogens is 298 g/mol. The molecule has 5 nitrogen and oxygen atoms in total. The van der Waals surface area contributed by atoms with Crippen molar-refractivity contribution in [2.45, 2.75) is 30.5 Å². The maximum Gasteiger partial charge on any atom is 0.204 e. The number of fused-ring (bicyclic) bond motifs is 1. The lowest BCUT2D eigenvalue weighted by atomic mass is 10.1. The van der Waals surface area contributed by atoms with Crippen LogP contribution in [0.3, 0.4) is 0 Å². The normalized spacial score (nSPS) is 17.1. The van der Waals surface area contributed by atoms with Crippen LogP contribution in [0.25, 0.3) is 6.08 Å². The van der Waals surface area contributed by atoms with Gasteiger partial charge in [0.1, 0.15) is 0 Å². The van der Waals surface area contributed by atoms with Gasteiger partial charge in [-0.1, -0.05) is 18.2 Å². The number of hydrogen-bond donors (Lipinski definition) is 1. The first-order chi connectivity index (χ1) is 9.20. The molecule has 0 aliphatic carbocycles. The Morgan fingerprint density at radius 1 is 1.25 bits per heavy atom. The predicted octanol–water partition coefficient (Wildman–Crippen LogP) is 1.10. The molecule has 0 spiro atoms. The van der Waals surface area contributed by atoms with E-state index >= 15 is 0 Å². The fourth-order valence-corrected chi connectivity index (χ4v) is 5.48. The molecule has 0 saturated carbocycles. The van der Waals surface area contributed by atoms with Crippen molar-refractivity contribution in [1.29, 1.82) is 0 Å². The quantitative estimate of drug-likeness (QED) is 0.897. The second-order valence-corrected chi connectivity index (χ2v) is 9.51. The SMILES string of the molecule is CC(C)S(=O)(=O)CC1=Cc2cccc(CN)c2S1(=O)=O. The van der Waals surface area contributed by atoms with E-state index in [2.05, 4.69) is 0 Å². The zero-order valence-corrected chi connectivity index (χ0v) is 13.0. The molecular formula is C13H17NO4S2. The van der Waals surface area contributed by atoms with Crippen LogP contribution < -0.4 is 5.73 Å². The molecule has 7 heteroatoms. The topological polar surface area (TPSA) is 94.3 Å². The van der Waals surface area contributed by atoms with Gasteiger partial charge in [-0.3, -0.25) is 0 Å². The third-order valence-electron chi connectivity index (χ3n) is 3.34. The predicted molar refractivity (Wildman–Crippen MR) is 78.4 cm³/mol. The minimum Gasteiger partial charge on any atom is -0.326 e. The molecule has 0 aromatic heterocycles. The highest BCUT2D eigenvalue weighted by molar-refractivity contribution is 7.98. The first kappa shape index (κ1) is 15.2. The van der Waals surface area contributed by atoms with Crippen LogP contribution in [0.15, 0.2) is 28.0 Å². The second-order valence-electron chi connectivity index (χ2n) is 5.01. The summed E-state index contributed by atoms with van der Waals surface area (Å²) in [6.45, 7) is 3.17. The van der Waals surface area contributed by atoms with Crippen molar-refractivity contribution in [3.05, 3.63) is 34.2 Å². The van der Waals surface area contributed by atoms with E-state index in [0.717, 1.165) is 0 Å². The van der Waals surface area contributed by atoms with Crippen molar-refractivity contribution in [2.24, 2.45) is 5.73 Å². The largest absolute Gasteiger partial charge is 0.326 e. The van der Waals surface area contributed by atoms with Gasteiger partial charge >= 0.3 is 0 Å².